The molecule has 0 aromatic carbocycles. The highest BCUT2D eigenvalue weighted by molar-refractivity contribution is 8.00. The van der Waals surface area contributed by atoms with Gasteiger partial charge in [-0.05, 0) is 93.0 Å². The minimum absolute atomic E-state index is 0.132. The van der Waals surface area contributed by atoms with Crippen LogP contribution in [0.15, 0.2) is 11.3 Å². The van der Waals surface area contributed by atoms with Gasteiger partial charge in [0, 0.05) is 49.1 Å². The molecule has 6 unspecified atom stereocenters. The predicted molar refractivity (Wildman–Crippen MR) is 144 cm³/mol. The molecule has 0 aliphatic carbocycles. The smallest absolute Gasteiger partial charge is 0.131 e. The van der Waals surface area contributed by atoms with E-state index >= 15 is 0 Å². The van der Waals surface area contributed by atoms with Crippen LogP contribution in [0.2, 0.25) is 0 Å². The molecule has 192 valence electrons. The summed E-state index contributed by atoms with van der Waals surface area (Å²) in [6, 6.07) is 0. The van der Waals surface area contributed by atoms with E-state index in [1.54, 1.807) is 5.70 Å². The van der Waals surface area contributed by atoms with E-state index in [0.717, 1.165) is 31.0 Å². The summed E-state index contributed by atoms with van der Waals surface area (Å²) in [6.45, 7) is 7.77. The van der Waals surface area contributed by atoms with Crippen LogP contribution >= 0.6 is 23.5 Å². The van der Waals surface area contributed by atoms with E-state index < -0.39 is 0 Å². The molecule has 0 bridgehead atoms. The van der Waals surface area contributed by atoms with Gasteiger partial charge < -0.3 is 14.4 Å². The first-order valence-electron chi connectivity index (χ1n) is 14.5. The second kappa shape index (κ2) is 10.8. The Labute approximate surface area is 216 Å². The van der Waals surface area contributed by atoms with E-state index in [0.29, 0.717) is 11.8 Å². The molecule has 0 radical (unpaired) electrons. The lowest BCUT2D eigenvalue weighted by atomic mass is 9.73. The molecule has 5 fully saturated rings. The minimum atomic E-state index is 0.132. The summed E-state index contributed by atoms with van der Waals surface area (Å²) in [4.78, 5) is 6.00. The van der Waals surface area contributed by atoms with Crippen molar-refractivity contribution in [2.75, 3.05) is 50.2 Å². The summed E-state index contributed by atoms with van der Waals surface area (Å²) in [5.41, 5.74) is 3.76. The van der Waals surface area contributed by atoms with Gasteiger partial charge in [-0.3, -0.25) is 4.90 Å². The second-order valence-electron chi connectivity index (χ2n) is 11.5. The van der Waals surface area contributed by atoms with Crippen LogP contribution < -0.4 is 0 Å². The average molecular weight is 507 g/mol. The highest BCUT2D eigenvalue weighted by Gasteiger charge is 2.62. The highest BCUT2D eigenvalue weighted by Crippen LogP contribution is 2.60. The minimum Gasteiger partial charge on any atom is -0.381 e. The number of hydrogen-bond donors (Lipinski definition) is 0. The van der Waals surface area contributed by atoms with Crippen molar-refractivity contribution in [2.24, 2.45) is 17.8 Å². The Bertz CT molecular complexity index is 670. The quantitative estimate of drug-likeness (QED) is 0.402. The predicted octanol–water partition coefficient (Wildman–Crippen LogP) is 5.98. The van der Waals surface area contributed by atoms with E-state index in [9.17, 15) is 0 Å². The maximum Gasteiger partial charge on any atom is 0.131 e. The monoisotopic (exact) mass is 506 g/mol. The van der Waals surface area contributed by atoms with Crippen LogP contribution in [0.1, 0.15) is 77.6 Å². The van der Waals surface area contributed by atoms with Gasteiger partial charge in [-0.2, -0.15) is 23.5 Å². The molecule has 5 saturated heterocycles. The van der Waals surface area contributed by atoms with Gasteiger partial charge in [0.25, 0.3) is 0 Å². The van der Waals surface area contributed by atoms with Crippen molar-refractivity contribution in [1.29, 1.82) is 0 Å². The first-order valence-corrected chi connectivity index (χ1v) is 16.7. The Morgan fingerprint density at radius 2 is 1.91 bits per heavy atom. The van der Waals surface area contributed by atoms with E-state index in [2.05, 4.69) is 40.2 Å². The van der Waals surface area contributed by atoms with Gasteiger partial charge in [-0.1, -0.05) is 13.3 Å². The Hall–Kier alpha value is 0.120. The molecule has 0 spiro atoms. The third-order valence-corrected chi connectivity index (χ3v) is 12.2. The fourth-order valence-electron chi connectivity index (χ4n) is 8.22. The molecule has 6 aliphatic heterocycles. The van der Waals surface area contributed by atoms with Crippen LogP contribution in [-0.4, -0.2) is 77.1 Å². The molecular formula is C28H46N2O2S2. The van der Waals surface area contributed by atoms with E-state index in [-0.39, 0.29) is 11.9 Å². The van der Waals surface area contributed by atoms with Gasteiger partial charge in [0.1, 0.15) is 11.9 Å². The molecular weight excluding hydrogens is 460 g/mol. The Morgan fingerprint density at radius 1 is 1.00 bits per heavy atom. The van der Waals surface area contributed by atoms with Crippen molar-refractivity contribution >= 4 is 23.5 Å². The van der Waals surface area contributed by atoms with Gasteiger partial charge in [0.2, 0.25) is 0 Å². The zero-order valence-corrected chi connectivity index (χ0v) is 23.0. The molecule has 0 amide bonds. The standard InChI is InChI=1S/C28H46N2O2S2/c1-2-3-12-28(29-13-4-5-14-29)26(22-11-18-33-20-22)25(23-8-7-17-34-23)27(21-10-16-31-19-21)30(28)24-9-6-15-32-24/h21-24,26H,2-20H2,1H3. The number of hydrogen-bond acceptors (Lipinski definition) is 6. The molecule has 0 N–H and O–H groups in total. The van der Waals surface area contributed by atoms with Crippen molar-refractivity contribution in [2.45, 2.75) is 94.7 Å². The van der Waals surface area contributed by atoms with Crippen LogP contribution in [0.5, 0.6) is 0 Å². The number of ether oxygens (including phenoxy) is 2. The lowest BCUT2D eigenvalue weighted by molar-refractivity contribution is -0.143. The first-order chi connectivity index (χ1) is 16.8. The number of unbranched alkanes of at least 4 members (excludes halogenated alkanes) is 1. The molecule has 34 heavy (non-hydrogen) atoms. The molecule has 0 aromatic heterocycles. The van der Waals surface area contributed by atoms with Crippen LogP contribution in [0.3, 0.4) is 0 Å². The summed E-state index contributed by atoms with van der Waals surface area (Å²) >= 11 is 4.51. The van der Waals surface area contributed by atoms with Gasteiger partial charge in [-0.15, -0.1) is 0 Å². The van der Waals surface area contributed by atoms with E-state index in [4.69, 9.17) is 9.47 Å². The molecule has 6 rings (SSSR count). The normalized spacial score (nSPS) is 41.6. The zero-order valence-electron chi connectivity index (χ0n) is 21.3. The number of thioether (sulfide) groups is 2. The number of rotatable bonds is 8. The largest absolute Gasteiger partial charge is 0.381 e. The topological polar surface area (TPSA) is 24.9 Å². The fourth-order valence-corrected chi connectivity index (χ4v) is 10.9. The van der Waals surface area contributed by atoms with E-state index in [1.807, 2.05) is 5.57 Å². The van der Waals surface area contributed by atoms with Crippen LogP contribution in [-0.2, 0) is 9.47 Å². The average Bonchev–Trinajstić information content (AvgIpc) is 3.68. The molecule has 6 heteroatoms. The molecule has 0 saturated carbocycles. The summed E-state index contributed by atoms with van der Waals surface area (Å²) in [5.74, 6) is 6.15. The molecule has 6 aliphatic rings. The summed E-state index contributed by atoms with van der Waals surface area (Å²) in [6.07, 6.45) is 14.8. The van der Waals surface area contributed by atoms with E-state index in [1.165, 1.54) is 101 Å². The van der Waals surface area contributed by atoms with Crippen molar-refractivity contribution in [3.05, 3.63) is 11.3 Å². The first kappa shape index (κ1) is 24.5. The number of likely N-dealkylation sites (tertiary alicyclic amines) is 1. The molecule has 0 aromatic rings. The molecule has 6 atom stereocenters. The van der Waals surface area contributed by atoms with Crippen LogP contribution in [0.4, 0.5) is 0 Å². The lowest BCUT2D eigenvalue weighted by Crippen LogP contribution is -2.64. The highest BCUT2D eigenvalue weighted by atomic mass is 32.2. The fraction of sp³-hybridized carbons (Fsp3) is 0.929. The third-order valence-electron chi connectivity index (χ3n) is 9.58. The van der Waals surface area contributed by atoms with Gasteiger partial charge in [0.05, 0.1) is 6.61 Å². The molecule has 4 nitrogen and oxygen atoms in total. The SMILES string of the molecule is CCCCC1(N2CCCC2)C(C2CCSC2)C(C2CCCS2)=C(C2CCOC2)N1C1CCCO1. The lowest BCUT2D eigenvalue weighted by Gasteiger charge is -2.55. The van der Waals surface area contributed by atoms with Gasteiger partial charge >= 0.3 is 0 Å². The Morgan fingerprint density at radius 3 is 2.56 bits per heavy atom. The summed E-state index contributed by atoms with van der Waals surface area (Å²) in [7, 11) is 0. The maximum atomic E-state index is 6.66. The number of nitrogens with zero attached hydrogens (tertiary/aromatic N) is 2. The van der Waals surface area contributed by atoms with Crippen molar-refractivity contribution in [1.82, 2.24) is 9.80 Å². The summed E-state index contributed by atoms with van der Waals surface area (Å²) < 4.78 is 12.8. The third kappa shape index (κ3) is 4.19. The zero-order chi connectivity index (χ0) is 23.0. The van der Waals surface area contributed by atoms with Gasteiger partial charge in [-0.25, -0.2) is 0 Å². The van der Waals surface area contributed by atoms with Crippen LogP contribution in [0.25, 0.3) is 0 Å². The van der Waals surface area contributed by atoms with Crippen molar-refractivity contribution in [3.63, 3.8) is 0 Å². The molecule has 6 heterocycles. The maximum absolute atomic E-state index is 6.66. The Kier molecular flexibility index (Phi) is 7.80. The Balaban J connectivity index is 1.55. The van der Waals surface area contributed by atoms with Crippen molar-refractivity contribution < 1.29 is 9.47 Å². The van der Waals surface area contributed by atoms with Crippen molar-refractivity contribution in [3.8, 4) is 0 Å². The van der Waals surface area contributed by atoms with Gasteiger partial charge in [0.15, 0.2) is 0 Å². The summed E-state index contributed by atoms with van der Waals surface area (Å²) in [5, 5.41) is 0.723. The van der Waals surface area contributed by atoms with Crippen LogP contribution in [0, 0.1) is 17.8 Å². The second-order valence-corrected chi connectivity index (χ2v) is 14.0.